The van der Waals surface area contributed by atoms with Crippen molar-refractivity contribution in [3.05, 3.63) is 178 Å². The van der Waals surface area contributed by atoms with Crippen LogP contribution in [0.25, 0.3) is 11.0 Å². The van der Waals surface area contributed by atoms with Crippen LogP contribution in [0.2, 0.25) is 0 Å². The fourth-order valence-electron chi connectivity index (χ4n) is 12.3. The van der Waals surface area contributed by atoms with E-state index in [-0.39, 0.29) is 49.8 Å². The van der Waals surface area contributed by atoms with E-state index in [1.54, 1.807) is 73.0 Å². The SMILES string of the molecule is COC(=O)C(NC(=O)N1C(=O)C2(c3cc(C#CCn4nnc5ccccc54)ccc31)C(C(=O)N1CCc3cc(OC)c(OC)cc3C1)C1C(=O)OC(c3ccccc3)C(c3ccccc3)N1C2c1ccccc1OCCO)C(C)C. The molecule has 4 aliphatic heterocycles. The first-order chi connectivity index (χ1) is 38.9. The van der Waals surface area contributed by atoms with Crippen molar-refractivity contribution in [3.8, 4) is 29.1 Å². The van der Waals surface area contributed by atoms with Gasteiger partial charge in [-0.15, -0.1) is 5.10 Å². The molecule has 5 heterocycles. The van der Waals surface area contributed by atoms with Gasteiger partial charge in [0.2, 0.25) is 11.8 Å². The Morgan fingerprint density at radius 1 is 0.812 bits per heavy atom. The number of morpholine rings is 1. The number of anilines is 1. The molecule has 18 heteroatoms. The maximum atomic E-state index is 17.2. The van der Waals surface area contributed by atoms with Gasteiger partial charge in [-0.05, 0) is 88.7 Å². The Hall–Kier alpha value is -9.05. The molecule has 2 saturated heterocycles. The highest BCUT2D eigenvalue weighted by Gasteiger charge is 2.76. The van der Waals surface area contributed by atoms with E-state index in [0.717, 1.165) is 21.5 Å². The number of hydrogen-bond acceptors (Lipinski definition) is 14. The van der Waals surface area contributed by atoms with Gasteiger partial charge in [-0.2, -0.15) is 0 Å². The number of esters is 2. The molecular formula is C62H59N7O11. The predicted molar refractivity (Wildman–Crippen MR) is 293 cm³/mol. The van der Waals surface area contributed by atoms with Crippen molar-refractivity contribution in [2.75, 3.05) is 46.0 Å². The molecule has 7 aromatic rings. The first-order valence-corrected chi connectivity index (χ1v) is 26.5. The van der Waals surface area contributed by atoms with E-state index in [0.29, 0.717) is 45.7 Å². The van der Waals surface area contributed by atoms with Crippen LogP contribution in [0.15, 0.2) is 140 Å². The molecule has 0 bridgehead atoms. The number of nitrogens with zero attached hydrogens (tertiary/aromatic N) is 6. The first-order valence-electron chi connectivity index (χ1n) is 26.5. The van der Waals surface area contributed by atoms with Crippen LogP contribution in [0.4, 0.5) is 10.5 Å². The Labute approximate surface area is 462 Å². The van der Waals surface area contributed by atoms with Crippen molar-refractivity contribution in [2.24, 2.45) is 11.8 Å². The van der Waals surface area contributed by atoms with Gasteiger partial charge < -0.3 is 39.0 Å². The van der Waals surface area contributed by atoms with Gasteiger partial charge in [0.15, 0.2) is 11.5 Å². The molecule has 80 heavy (non-hydrogen) atoms. The van der Waals surface area contributed by atoms with Crippen molar-refractivity contribution in [1.82, 2.24) is 30.1 Å². The van der Waals surface area contributed by atoms with E-state index in [4.69, 9.17) is 23.7 Å². The highest BCUT2D eigenvalue weighted by atomic mass is 16.6. The lowest BCUT2D eigenvalue weighted by Crippen LogP contribution is -2.58. The maximum absolute atomic E-state index is 17.2. The molecule has 4 amide bonds. The number of ether oxygens (including phenoxy) is 5. The number of aromatic nitrogens is 3. The zero-order valence-electron chi connectivity index (χ0n) is 44.8. The summed E-state index contributed by atoms with van der Waals surface area (Å²) in [6.07, 6.45) is -0.619. The lowest BCUT2D eigenvalue weighted by Gasteiger charge is -2.46. The van der Waals surface area contributed by atoms with Gasteiger partial charge >= 0.3 is 18.0 Å². The number of aliphatic hydroxyl groups excluding tert-OH is 1. The number of amides is 4. The predicted octanol–water partition coefficient (Wildman–Crippen LogP) is 7.03. The van der Waals surface area contributed by atoms with Gasteiger partial charge in [0.05, 0.1) is 57.1 Å². The van der Waals surface area contributed by atoms with Crippen LogP contribution < -0.4 is 24.4 Å². The maximum Gasteiger partial charge on any atom is 0.329 e. The summed E-state index contributed by atoms with van der Waals surface area (Å²) in [5.41, 5.74) is 3.40. The van der Waals surface area contributed by atoms with Crippen LogP contribution in [-0.4, -0.2) is 113 Å². The van der Waals surface area contributed by atoms with Gasteiger partial charge in [-0.1, -0.05) is 122 Å². The second-order valence-corrected chi connectivity index (χ2v) is 20.5. The summed E-state index contributed by atoms with van der Waals surface area (Å²) in [7, 11) is 4.30. The van der Waals surface area contributed by atoms with Crippen molar-refractivity contribution in [1.29, 1.82) is 0 Å². The highest BCUT2D eigenvalue weighted by molar-refractivity contribution is 6.25. The van der Waals surface area contributed by atoms with Crippen molar-refractivity contribution < 1.29 is 52.8 Å². The number of cyclic esters (lactones) is 1. The number of carbonyl (C=O) groups excluding carboxylic acids is 5. The largest absolute Gasteiger partial charge is 0.493 e. The Morgan fingerprint density at radius 2 is 1.50 bits per heavy atom. The number of hydrogen-bond donors (Lipinski definition) is 2. The van der Waals surface area contributed by atoms with Gasteiger partial charge in [0, 0.05) is 24.2 Å². The molecule has 11 rings (SSSR count). The summed E-state index contributed by atoms with van der Waals surface area (Å²) < 4.78 is 31.4. The van der Waals surface area contributed by atoms with E-state index in [9.17, 15) is 9.90 Å². The van der Waals surface area contributed by atoms with Crippen LogP contribution in [0.5, 0.6) is 17.2 Å². The summed E-state index contributed by atoms with van der Waals surface area (Å²) in [6.45, 7) is 3.33. The highest BCUT2D eigenvalue weighted by Crippen LogP contribution is 2.67. The van der Waals surface area contributed by atoms with Crippen LogP contribution in [-0.2, 0) is 53.6 Å². The molecule has 18 nitrogen and oxygen atoms in total. The second kappa shape index (κ2) is 22.0. The van der Waals surface area contributed by atoms with Crippen molar-refractivity contribution in [3.63, 3.8) is 0 Å². The Kier molecular flexibility index (Phi) is 14.6. The molecule has 2 fully saturated rings. The Morgan fingerprint density at radius 3 is 2.21 bits per heavy atom. The molecule has 7 unspecified atom stereocenters. The monoisotopic (exact) mass is 1080 g/mol. The third kappa shape index (κ3) is 9.01. The smallest absolute Gasteiger partial charge is 0.329 e. The van der Waals surface area contributed by atoms with Gasteiger partial charge in [-0.25, -0.2) is 19.2 Å². The topological polar surface area (TPSA) is 204 Å². The number of para-hydroxylation sites is 2. The number of benzene rings is 6. The quantitative estimate of drug-likeness (QED) is 0.0880. The fraction of sp³-hybridized carbons (Fsp3) is 0.306. The molecule has 0 saturated carbocycles. The molecular weight excluding hydrogens is 1020 g/mol. The van der Waals surface area contributed by atoms with Crippen LogP contribution in [0.1, 0.15) is 71.0 Å². The summed E-state index contributed by atoms with van der Waals surface area (Å²) >= 11 is 0. The van der Waals surface area contributed by atoms with Gasteiger partial charge in [0.25, 0.3) is 0 Å². The Balaban J connectivity index is 1.20. The van der Waals surface area contributed by atoms with E-state index in [1.165, 1.54) is 14.2 Å². The molecule has 4 aliphatic rings. The van der Waals surface area contributed by atoms with E-state index in [2.05, 4.69) is 27.5 Å². The number of nitrogens with one attached hydrogen (secondary N) is 1. The number of aliphatic hydroxyl groups is 1. The van der Waals surface area contributed by atoms with Crippen LogP contribution >= 0.6 is 0 Å². The molecule has 7 atom stereocenters. The van der Waals surface area contributed by atoms with Gasteiger partial charge in [-0.3, -0.25) is 19.3 Å². The minimum atomic E-state index is -2.21. The van der Waals surface area contributed by atoms with Gasteiger partial charge in [0.1, 0.15) is 48.0 Å². The standard InChI is InChI=1S/C62H59N7O11/c1-37(2)52(58(72)78-5)63-61(75)68-46-27-26-38(17-16-29-67-47-24-14-13-23-45(47)64-65-67)33-44(46)62(60(68)74)51(57(71)66-30-28-41-34-49(76-3)50(77-4)35-42(41)36-66)54-59(73)80-55(40-20-10-7-11-21-40)53(39-18-8-6-9-19-39)69(54)56(62)43-22-12-15-25-48(43)79-32-31-70/h6-15,18-27,33-35,37,51-56,70H,28-32,36H2,1-5H3,(H,63,75). The first kappa shape index (κ1) is 53.0. The number of rotatable bonds is 13. The number of methoxy groups -OCH3 is 3. The number of imide groups is 1. The van der Waals surface area contributed by atoms with E-state index >= 15 is 19.2 Å². The zero-order valence-corrected chi connectivity index (χ0v) is 44.8. The normalized spacial score (nSPS) is 21.5. The third-order valence-corrected chi connectivity index (χ3v) is 15.8. The van der Waals surface area contributed by atoms with E-state index < -0.39 is 77.3 Å². The number of fused-ring (bicyclic) bond motifs is 5. The molecule has 1 aromatic heterocycles. The molecule has 1 spiro atoms. The average molecular weight is 1080 g/mol. The molecule has 0 aliphatic carbocycles. The van der Waals surface area contributed by atoms with Crippen molar-refractivity contribution >= 4 is 46.5 Å². The Bertz CT molecular complexity index is 3600. The fourth-order valence-corrected chi connectivity index (χ4v) is 12.3. The number of urea groups is 1. The average Bonchev–Trinajstić information content (AvgIpc) is 4.26. The van der Waals surface area contributed by atoms with E-state index in [1.807, 2.05) is 102 Å². The summed E-state index contributed by atoms with van der Waals surface area (Å²) in [4.78, 5) is 83.3. The molecule has 408 valence electrons. The summed E-state index contributed by atoms with van der Waals surface area (Å²) in [5, 5.41) is 21.7. The minimum absolute atomic E-state index is 0.0570. The van der Waals surface area contributed by atoms with Crippen LogP contribution in [0.3, 0.4) is 0 Å². The minimum Gasteiger partial charge on any atom is -0.493 e. The molecule has 0 radical (unpaired) electrons. The zero-order chi connectivity index (χ0) is 55.8. The lowest BCUT2D eigenvalue weighted by molar-refractivity contribution is -0.179. The lowest BCUT2D eigenvalue weighted by atomic mass is 9.64. The second-order valence-electron chi connectivity index (χ2n) is 20.5. The summed E-state index contributed by atoms with van der Waals surface area (Å²) in [5.74, 6) is 2.68. The van der Waals surface area contributed by atoms with Crippen molar-refractivity contribution in [2.45, 2.75) is 69.0 Å². The van der Waals surface area contributed by atoms with Crippen LogP contribution in [0, 0.1) is 23.7 Å². The third-order valence-electron chi connectivity index (χ3n) is 15.8. The summed E-state index contributed by atoms with van der Waals surface area (Å²) in [6, 6.07) is 36.1. The molecule has 6 aromatic carbocycles. The molecule has 2 N–H and O–H groups in total. The number of carbonyl (C=O) groups is 5.